The minimum Gasteiger partial charge on any atom is -0.276 e. The molecule has 0 bridgehead atoms. The zero-order chi connectivity index (χ0) is 25.5. The van der Waals surface area contributed by atoms with Crippen LogP contribution in [0.15, 0.2) is 115 Å². The fourth-order valence-electron chi connectivity index (χ4n) is 5.87. The number of rotatable bonds is 2. The summed E-state index contributed by atoms with van der Waals surface area (Å²) in [5.74, 6) is 0.709. The van der Waals surface area contributed by atoms with E-state index < -0.39 is 0 Å². The normalized spacial score (nSPS) is 12.1. The molecule has 0 unspecified atom stereocenters. The molecule has 4 aromatic heterocycles. The second kappa shape index (κ2) is 7.96. The van der Waals surface area contributed by atoms with Crippen molar-refractivity contribution in [3.8, 4) is 17.2 Å². The molecule has 3 nitrogen and oxygen atoms in total. The number of aromatic nitrogens is 3. The lowest BCUT2D eigenvalue weighted by Gasteiger charge is -2.13. The van der Waals surface area contributed by atoms with Crippen LogP contribution in [0.1, 0.15) is 0 Å². The van der Waals surface area contributed by atoms with Gasteiger partial charge in [0.15, 0.2) is 0 Å². The number of hydrogen-bond donors (Lipinski definition) is 0. The van der Waals surface area contributed by atoms with Crippen LogP contribution in [-0.4, -0.2) is 14.5 Å². The maximum Gasteiger partial charge on any atom is 0.235 e. The average Bonchev–Trinajstić information content (AvgIpc) is 3.64. The summed E-state index contributed by atoms with van der Waals surface area (Å²) in [4.78, 5) is 10.7. The summed E-state index contributed by atoms with van der Waals surface area (Å²) in [6.45, 7) is 0. The Kier molecular flexibility index (Phi) is 4.36. The SMILES string of the molecule is c1ccc(-c2nc(-n3c4ccccc4c4sc5c6ccccc6sc5c43)nc3c2ccc2ccccc23)cc1. The first kappa shape index (κ1) is 21.4. The van der Waals surface area contributed by atoms with E-state index in [0.717, 1.165) is 33.1 Å². The van der Waals surface area contributed by atoms with Gasteiger partial charge in [-0.1, -0.05) is 97.1 Å². The maximum atomic E-state index is 5.33. The first-order chi connectivity index (χ1) is 19.3. The van der Waals surface area contributed by atoms with E-state index in [-0.39, 0.29) is 0 Å². The van der Waals surface area contributed by atoms with Gasteiger partial charge in [-0.05, 0) is 23.6 Å². The number of para-hydroxylation sites is 1. The van der Waals surface area contributed by atoms with Crippen LogP contribution in [0.25, 0.3) is 79.5 Å². The molecule has 0 aliphatic rings. The van der Waals surface area contributed by atoms with E-state index in [0.29, 0.717) is 5.95 Å². The highest BCUT2D eigenvalue weighted by Gasteiger charge is 2.23. The molecule has 0 fully saturated rings. The van der Waals surface area contributed by atoms with E-state index in [1.807, 2.05) is 22.7 Å². The van der Waals surface area contributed by atoms with Crippen LogP contribution in [0.5, 0.6) is 0 Å². The van der Waals surface area contributed by atoms with Crippen LogP contribution >= 0.6 is 22.7 Å². The zero-order valence-electron chi connectivity index (χ0n) is 20.6. The van der Waals surface area contributed by atoms with Crippen LogP contribution in [0.4, 0.5) is 0 Å². The van der Waals surface area contributed by atoms with Crippen LogP contribution in [-0.2, 0) is 0 Å². The highest BCUT2D eigenvalue weighted by atomic mass is 32.1. The van der Waals surface area contributed by atoms with Crippen molar-refractivity contribution in [1.29, 1.82) is 0 Å². The molecule has 4 heterocycles. The van der Waals surface area contributed by atoms with E-state index in [1.54, 1.807) is 0 Å². The van der Waals surface area contributed by atoms with Gasteiger partial charge in [-0.2, -0.15) is 0 Å². The van der Waals surface area contributed by atoms with E-state index in [4.69, 9.17) is 9.97 Å². The van der Waals surface area contributed by atoms with Gasteiger partial charge in [0.2, 0.25) is 5.95 Å². The van der Waals surface area contributed by atoms with E-state index in [1.165, 1.54) is 40.5 Å². The zero-order valence-corrected chi connectivity index (χ0v) is 22.3. The van der Waals surface area contributed by atoms with Crippen molar-refractivity contribution in [2.24, 2.45) is 0 Å². The minimum atomic E-state index is 0.709. The molecule has 5 aromatic carbocycles. The Morgan fingerprint density at radius 3 is 2.15 bits per heavy atom. The van der Waals surface area contributed by atoms with Crippen molar-refractivity contribution >= 4 is 85.0 Å². The molecule has 0 spiro atoms. The number of benzene rings is 5. The second-order valence-corrected chi connectivity index (χ2v) is 11.9. The molecule has 0 saturated heterocycles. The van der Waals surface area contributed by atoms with Gasteiger partial charge in [-0.15, -0.1) is 22.7 Å². The third-order valence-electron chi connectivity index (χ3n) is 7.62. The number of fused-ring (bicyclic) bond motifs is 10. The van der Waals surface area contributed by atoms with Gasteiger partial charge in [0.25, 0.3) is 0 Å². The molecular formula is C34H19N3S2. The number of thiophene rings is 2. The second-order valence-electron chi connectivity index (χ2n) is 9.81. The van der Waals surface area contributed by atoms with Crippen molar-refractivity contribution in [1.82, 2.24) is 14.5 Å². The Bertz CT molecular complexity index is 2390. The molecular weight excluding hydrogens is 515 g/mol. The van der Waals surface area contributed by atoms with Crippen molar-refractivity contribution in [3.63, 3.8) is 0 Å². The first-order valence-electron chi connectivity index (χ1n) is 12.9. The summed E-state index contributed by atoms with van der Waals surface area (Å²) in [6.07, 6.45) is 0. The smallest absolute Gasteiger partial charge is 0.235 e. The van der Waals surface area contributed by atoms with Gasteiger partial charge < -0.3 is 0 Å². The maximum absolute atomic E-state index is 5.33. The Labute approximate surface area is 231 Å². The standard InChI is InChI=1S/C34H19N3S2/c1-2-11-21(12-3-1)28-25-19-18-20-10-4-5-13-22(20)29(25)36-34(35-28)37-26-16-8-6-14-23(26)31-30(37)33-32(39-31)24-15-7-9-17-27(24)38-33/h1-19H. The highest BCUT2D eigenvalue weighted by molar-refractivity contribution is 7.37. The average molecular weight is 534 g/mol. The fraction of sp³-hybridized carbons (Fsp3) is 0. The lowest BCUT2D eigenvalue weighted by molar-refractivity contribution is 1.02. The van der Waals surface area contributed by atoms with Crippen LogP contribution in [0.2, 0.25) is 0 Å². The summed E-state index contributed by atoms with van der Waals surface area (Å²) in [5, 5.41) is 5.95. The molecule has 9 rings (SSSR count). The topological polar surface area (TPSA) is 30.7 Å². The molecule has 0 atom stereocenters. The molecule has 5 heteroatoms. The Morgan fingerprint density at radius 1 is 0.513 bits per heavy atom. The molecule has 0 saturated carbocycles. The molecule has 182 valence electrons. The Morgan fingerprint density at radius 2 is 1.26 bits per heavy atom. The molecule has 39 heavy (non-hydrogen) atoms. The summed E-state index contributed by atoms with van der Waals surface area (Å²) >= 11 is 3.75. The van der Waals surface area contributed by atoms with Crippen molar-refractivity contribution in [3.05, 3.63) is 115 Å². The predicted molar refractivity (Wildman–Crippen MR) is 168 cm³/mol. The monoisotopic (exact) mass is 533 g/mol. The summed E-state index contributed by atoms with van der Waals surface area (Å²) in [5.41, 5.74) is 5.36. The predicted octanol–water partition coefficient (Wildman–Crippen LogP) is 9.98. The molecule has 0 amide bonds. The van der Waals surface area contributed by atoms with Gasteiger partial charge in [-0.3, -0.25) is 4.57 Å². The quantitative estimate of drug-likeness (QED) is 0.207. The van der Waals surface area contributed by atoms with Crippen molar-refractivity contribution in [2.75, 3.05) is 0 Å². The third kappa shape index (κ3) is 2.97. The van der Waals surface area contributed by atoms with Crippen LogP contribution in [0.3, 0.4) is 0 Å². The van der Waals surface area contributed by atoms with Gasteiger partial charge in [0.05, 0.1) is 36.3 Å². The minimum absolute atomic E-state index is 0.709. The van der Waals surface area contributed by atoms with Crippen LogP contribution in [0, 0.1) is 0 Å². The first-order valence-corrected chi connectivity index (χ1v) is 14.6. The van der Waals surface area contributed by atoms with Crippen molar-refractivity contribution < 1.29 is 0 Å². The summed E-state index contributed by atoms with van der Waals surface area (Å²) in [6, 6.07) is 40.7. The largest absolute Gasteiger partial charge is 0.276 e. The van der Waals surface area contributed by atoms with Crippen molar-refractivity contribution in [2.45, 2.75) is 0 Å². The highest BCUT2D eigenvalue weighted by Crippen LogP contribution is 2.48. The lowest BCUT2D eigenvalue weighted by Crippen LogP contribution is -2.03. The number of nitrogens with zero attached hydrogens (tertiary/aromatic N) is 3. The van der Waals surface area contributed by atoms with E-state index in [2.05, 4.69) is 120 Å². The summed E-state index contributed by atoms with van der Waals surface area (Å²) < 4.78 is 7.55. The summed E-state index contributed by atoms with van der Waals surface area (Å²) in [7, 11) is 0. The van der Waals surface area contributed by atoms with E-state index >= 15 is 0 Å². The molecule has 0 radical (unpaired) electrons. The van der Waals surface area contributed by atoms with Gasteiger partial charge in [0, 0.05) is 31.8 Å². The van der Waals surface area contributed by atoms with Gasteiger partial charge >= 0.3 is 0 Å². The molecule has 0 aliphatic heterocycles. The molecule has 0 N–H and O–H groups in total. The lowest BCUT2D eigenvalue weighted by atomic mass is 10.0. The van der Waals surface area contributed by atoms with E-state index in [9.17, 15) is 0 Å². The van der Waals surface area contributed by atoms with Gasteiger partial charge in [0.1, 0.15) is 0 Å². The van der Waals surface area contributed by atoms with Gasteiger partial charge in [-0.25, -0.2) is 9.97 Å². The number of hydrogen-bond acceptors (Lipinski definition) is 4. The fourth-order valence-corrected chi connectivity index (χ4v) is 8.65. The molecule has 0 aliphatic carbocycles. The third-order valence-corrected chi connectivity index (χ3v) is 10.2. The van der Waals surface area contributed by atoms with Crippen LogP contribution < -0.4 is 0 Å². The molecule has 9 aromatic rings. The Balaban J connectivity index is 1.49. The Hall–Kier alpha value is -4.58.